The number of pyridine rings is 1. The Hall–Kier alpha value is -2.80. The number of nitrogens with two attached hydrogens (primary N) is 1. The van der Waals surface area contributed by atoms with Crippen LogP contribution in [-0.2, 0) is 9.53 Å². The van der Waals surface area contributed by atoms with E-state index in [0.29, 0.717) is 10.7 Å². The first kappa shape index (κ1) is 19.0. The molecule has 0 fully saturated rings. The summed E-state index contributed by atoms with van der Waals surface area (Å²) in [5.41, 5.74) is 6.78. The number of primary amides is 1. The first-order valence-corrected chi connectivity index (χ1v) is 9.88. The summed E-state index contributed by atoms with van der Waals surface area (Å²) in [6.45, 7) is 7.25. The standard InChI is InChI=1S/C20H23N3O3S/c1-12-14(9-10-17(22-12)23-19(25)26-20(2,3)4)27-15-8-6-5-7-13(15)11-16(27)18(21)24/h5-11,27H,1-4H3,(H2,21,24)(H,22,23,25). The Labute approximate surface area is 161 Å². The van der Waals surface area contributed by atoms with Crippen molar-refractivity contribution in [1.82, 2.24) is 4.98 Å². The molecule has 27 heavy (non-hydrogen) atoms. The van der Waals surface area contributed by atoms with Crippen molar-refractivity contribution < 1.29 is 14.3 Å². The number of carbonyl (C=O) groups is 2. The number of nitrogens with zero attached hydrogens (tertiary/aromatic N) is 1. The molecule has 2 amide bonds. The van der Waals surface area contributed by atoms with Gasteiger partial charge in [0.05, 0.1) is 10.6 Å². The third kappa shape index (κ3) is 4.14. The number of fused-ring (bicyclic) bond motifs is 1. The quantitative estimate of drug-likeness (QED) is 0.696. The first-order chi connectivity index (χ1) is 12.7. The minimum Gasteiger partial charge on any atom is -0.444 e. The van der Waals surface area contributed by atoms with Gasteiger partial charge < -0.3 is 10.5 Å². The minimum atomic E-state index is -1.05. The molecule has 1 atom stereocenters. The van der Waals surface area contributed by atoms with E-state index in [1.165, 1.54) is 0 Å². The average Bonchev–Trinajstić information content (AvgIpc) is 2.93. The summed E-state index contributed by atoms with van der Waals surface area (Å²) in [7, 11) is -1.05. The summed E-state index contributed by atoms with van der Waals surface area (Å²) in [5.74, 6) is -0.0229. The molecule has 3 N–H and O–H groups in total. The van der Waals surface area contributed by atoms with Crippen molar-refractivity contribution in [1.29, 1.82) is 0 Å². The van der Waals surface area contributed by atoms with Crippen molar-refractivity contribution in [3.63, 3.8) is 0 Å². The highest BCUT2D eigenvalue weighted by Crippen LogP contribution is 2.57. The fourth-order valence-corrected chi connectivity index (χ4v) is 5.36. The molecule has 0 aliphatic carbocycles. The Bertz CT molecular complexity index is 948. The zero-order valence-corrected chi connectivity index (χ0v) is 16.6. The molecule has 1 aliphatic heterocycles. The van der Waals surface area contributed by atoms with Gasteiger partial charge in [0.15, 0.2) is 0 Å². The van der Waals surface area contributed by atoms with Gasteiger partial charge in [-0.1, -0.05) is 18.2 Å². The van der Waals surface area contributed by atoms with E-state index in [1.54, 1.807) is 26.8 Å². The molecule has 0 saturated carbocycles. The molecule has 0 radical (unpaired) electrons. The molecule has 2 heterocycles. The number of ether oxygens (including phenoxy) is 1. The van der Waals surface area contributed by atoms with Gasteiger partial charge in [-0.15, -0.1) is 0 Å². The highest BCUT2D eigenvalue weighted by molar-refractivity contribution is 8.21. The van der Waals surface area contributed by atoms with Crippen LogP contribution in [0.1, 0.15) is 32.0 Å². The highest BCUT2D eigenvalue weighted by Gasteiger charge is 2.28. The van der Waals surface area contributed by atoms with E-state index in [9.17, 15) is 9.59 Å². The van der Waals surface area contributed by atoms with E-state index >= 15 is 0 Å². The van der Waals surface area contributed by atoms with Crippen LogP contribution in [0.3, 0.4) is 0 Å². The Morgan fingerprint density at radius 3 is 2.44 bits per heavy atom. The van der Waals surface area contributed by atoms with E-state index in [4.69, 9.17) is 10.5 Å². The fraction of sp³-hybridized carbons (Fsp3) is 0.250. The lowest BCUT2D eigenvalue weighted by Gasteiger charge is -2.22. The minimum absolute atomic E-state index is 0.401. The van der Waals surface area contributed by atoms with E-state index < -0.39 is 28.5 Å². The smallest absolute Gasteiger partial charge is 0.413 e. The second-order valence-electron chi connectivity index (χ2n) is 7.22. The third-order valence-corrected chi connectivity index (χ3v) is 6.57. The maximum atomic E-state index is 12.0. The normalized spacial score (nSPS) is 17.0. The molecule has 0 saturated heterocycles. The molecule has 0 spiro atoms. The second-order valence-corrected chi connectivity index (χ2v) is 9.33. The maximum Gasteiger partial charge on any atom is 0.413 e. The number of benzene rings is 1. The van der Waals surface area contributed by atoms with Gasteiger partial charge in [0, 0.05) is 9.79 Å². The van der Waals surface area contributed by atoms with E-state index in [1.807, 2.05) is 43.3 Å². The average molecular weight is 385 g/mol. The van der Waals surface area contributed by atoms with Crippen molar-refractivity contribution in [2.45, 2.75) is 43.1 Å². The zero-order valence-electron chi connectivity index (χ0n) is 15.7. The summed E-state index contributed by atoms with van der Waals surface area (Å²) in [4.78, 5) is 31.0. The van der Waals surface area contributed by atoms with Crippen molar-refractivity contribution in [3.8, 4) is 0 Å². The predicted octanol–water partition coefficient (Wildman–Crippen LogP) is 4.00. The molecule has 142 valence electrons. The summed E-state index contributed by atoms with van der Waals surface area (Å²) < 4.78 is 5.25. The van der Waals surface area contributed by atoms with Gasteiger partial charge in [-0.25, -0.2) is 9.78 Å². The van der Waals surface area contributed by atoms with Crippen LogP contribution in [0.2, 0.25) is 0 Å². The number of aryl methyl sites for hydroxylation is 1. The molecular weight excluding hydrogens is 362 g/mol. The molecule has 1 aliphatic rings. The number of aromatic nitrogens is 1. The number of amides is 2. The monoisotopic (exact) mass is 385 g/mol. The maximum absolute atomic E-state index is 12.0. The molecule has 1 aromatic heterocycles. The molecule has 1 unspecified atom stereocenters. The lowest BCUT2D eigenvalue weighted by Crippen LogP contribution is -2.27. The Morgan fingerprint density at radius 1 is 1.11 bits per heavy atom. The van der Waals surface area contributed by atoms with Crippen molar-refractivity contribution in [2.75, 3.05) is 5.32 Å². The highest BCUT2D eigenvalue weighted by atomic mass is 32.2. The summed E-state index contributed by atoms with van der Waals surface area (Å²) >= 11 is 0. The number of hydrogen-bond acceptors (Lipinski definition) is 4. The van der Waals surface area contributed by atoms with Crippen LogP contribution in [0.5, 0.6) is 0 Å². The van der Waals surface area contributed by atoms with Crippen LogP contribution in [-0.4, -0.2) is 22.6 Å². The lowest BCUT2D eigenvalue weighted by atomic mass is 10.2. The first-order valence-electron chi connectivity index (χ1n) is 8.54. The van der Waals surface area contributed by atoms with Crippen molar-refractivity contribution >= 4 is 34.8 Å². The van der Waals surface area contributed by atoms with Crippen LogP contribution in [0.4, 0.5) is 10.6 Å². The Kier molecular flexibility index (Phi) is 4.97. The van der Waals surface area contributed by atoms with Crippen molar-refractivity contribution in [3.05, 3.63) is 52.6 Å². The summed E-state index contributed by atoms with van der Waals surface area (Å²) in [6, 6.07) is 11.5. The number of thiol groups is 1. The van der Waals surface area contributed by atoms with E-state index in [2.05, 4.69) is 10.3 Å². The lowest BCUT2D eigenvalue weighted by molar-refractivity contribution is -0.113. The second kappa shape index (κ2) is 7.08. The van der Waals surface area contributed by atoms with E-state index in [-0.39, 0.29) is 0 Å². The topological polar surface area (TPSA) is 94.3 Å². The van der Waals surface area contributed by atoms with Crippen LogP contribution < -0.4 is 11.1 Å². The Morgan fingerprint density at radius 2 is 1.81 bits per heavy atom. The van der Waals surface area contributed by atoms with Crippen LogP contribution in [0.15, 0.2) is 51.1 Å². The summed E-state index contributed by atoms with van der Waals surface area (Å²) in [6.07, 6.45) is 1.30. The zero-order chi connectivity index (χ0) is 19.8. The predicted molar refractivity (Wildman–Crippen MR) is 108 cm³/mol. The molecule has 1 aromatic carbocycles. The summed E-state index contributed by atoms with van der Waals surface area (Å²) in [5, 5.41) is 2.64. The van der Waals surface area contributed by atoms with Gasteiger partial charge in [-0.2, -0.15) is 10.9 Å². The van der Waals surface area contributed by atoms with E-state index in [0.717, 1.165) is 21.0 Å². The number of anilines is 1. The number of carbonyl (C=O) groups excluding carboxylic acids is 2. The molecule has 2 aromatic rings. The van der Waals surface area contributed by atoms with Gasteiger partial charge >= 0.3 is 6.09 Å². The van der Waals surface area contributed by atoms with Crippen LogP contribution >= 0.6 is 10.9 Å². The molecule has 3 rings (SSSR count). The van der Waals surface area contributed by atoms with Gasteiger partial charge in [0.25, 0.3) is 5.91 Å². The number of rotatable bonds is 3. The Balaban J connectivity index is 1.91. The van der Waals surface area contributed by atoms with Gasteiger partial charge in [0.1, 0.15) is 11.4 Å². The van der Waals surface area contributed by atoms with Gasteiger partial charge in [0.2, 0.25) is 0 Å². The van der Waals surface area contributed by atoms with Crippen molar-refractivity contribution in [2.24, 2.45) is 5.73 Å². The molecule has 6 nitrogen and oxygen atoms in total. The number of hydrogen-bond donors (Lipinski definition) is 3. The molecule has 0 bridgehead atoms. The number of nitrogens with one attached hydrogen (secondary N) is 1. The molecular formula is C20H23N3O3S. The molecule has 7 heteroatoms. The van der Waals surface area contributed by atoms with Crippen LogP contribution in [0, 0.1) is 6.92 Å². The van der Waals surface area contributed by atoms with Crippen LogP contribution in [0.25, 0.3) is 6.08 Å². The van der Waals surface area contributed by atoms with Gasteiger partial charge in [-0.3, -0.25) is 10.1 Å². The largest absolute Gasteiger partial charge is 0.444 e. The third-order valence-electron chi connectivity index (χ3n) is 3.89. The van der Waals surface area contributed by atoms with Gasteiger partial charge in [-0.05, 0) is 57.5 Å². The fourth-order valence-electron chi connectivity index (χ4n) is 2.86. The SMILES string of the molecule is Cc1nc(NC(=O)OC(C)(C)C)ccc1[SH]1C(C(N)=O)=Cc2ccccc21.